The van der Waals surface area contributed by atoms with Gasteiger partial charge in [0.25, 0.3) is 5.69 Å². The smallest absolute Gasteiger partial charge is 0.269 e. The predicted octanol–water partition coefficient (Wildman–Crippen LogP) is 4.20. The van der Waals surface area contributed by atoms with Crippen LogP contribution in [0.15, 0.2) is 46.9 Å². The van der Waals surface area contributed by atoms with Crippen LogP contribution in [0.25, 0.3) is 0 Å². The Morgan fingerprint density at radius 3 is 2.30 bits per heavy atom. The van der Waals surface area contributed by atoms with Crippen LogP contribution in [0.2, 0.25) is 0 Å². The monoisotopic (exact) mass is 337 g/mol. The van der Waals surface area contributed by atoms with E-state index in [-0.39, 0.29) is 5.69 Å². The number of ether oxygens (including phenoxy) is 1. The molecular formula is C14H12BrNO4. The topological polar surface area (TPSA) is 72.6 Å². The second-order valence-corrected chi connectivity index (χ2v) is 5.07. The van der Waals surface area contributed by atoms with E-state index in [9.17, 15) is 15.2 Å². The van der Waals surface area contributed by atoms with Crippen molar-refractivity contribution >= 4 is 21.6 Å². The summed E-state index contributed by atoms with van der Waals surface area (Å²) in [7, 11) is 0. The van der Waals surface area contributed by atoms with Crippen LogP contribution in [0.4, 0.5) is 5.69 Å². The normalized spacial score (nSPS) is 11.9. The van der Waals surface area contributed by atoms with Gasteiger partial charge in [0.2, 0.25) is 0 Å². The minimum Gasteiger partial charge on any atom is -0.457 e. The highest BCUT2D eigenvalue weighted by atomic mass is 79.9. The van der Waals surface area contributed by atoms with Gasteiger partial charge in [0.1, 0.15) is 11.5 Å². The molecule has 20 heavy (non-hydrogen) atoms. The summed E-state index contributed by atoms with van der Waals surface area (Å²) in [6, 6.07) is 11.1. The van der Waals surface area contributed by atoms with Crippen LogP contribution in [-0.2, 0) is 0 Å². The summed E-state index contributed by atoms with van der Waals surface area (Å²) in [4.78, 5) is 10.1. The first-order valence-electron chi connectivity index (χ1n) is 5.87. The number of nitro groups is 1. The van der Waals surface area contributed by atoms with Crippen molar-refractivity contribution < 1.29 is 14.8 Å². The Hall–Kier alpha value is -1.92. The van der Waals surface area contributed by atoms with E-state index in [1.807, 2.05) is 0 Å². The van der Waals surface area contributed by atoms with E-state index < -0.39 is 11.0 Å². The molecule has 2 rings (SSSR count). The first-order valence-corrected chi connectivity index (χ1v) is 6.66. The van der Waals surface area contributed by atoms with Gasteiger partial charge < -0.3 is 9.84 Å². The third-order valence-corrected chi connectivity index (χ3v) is 3.39. The first-order chi connectivity index (χ1) is 9.47. The minimum atomic E-state index is -0.571. The minimum absolute atomic E-state index is 0.0167. The van der Waals surface area contributed by atoms with E-state index in [0.717, 1.165) is 10.0 Å². The highest BCUT2D eigenvalue weighted by Crippen LogP contribution is 2.30. The molecule has 0 fully saturated rings. The van der Waals surface area contributed by atoms with Crippen molar-refractivity contribution in [3.63, 3.8) is 0 Å². The third-order valence-electron chi connectivity index (χ3n) is 2.71. The number of nitro benzene ring substituents is 1. The number of halogens is 1. The molecular weight excluding hydrogens is 326 g/mol. The van der Waals surface area contributed by atoms with Gasteiger partial charge in [-0.3, -0.25) is 10.1 Å². The summed E-state index contributed by atoms with van der Waals surface area (Å²) >= 11 is 3.36. The van der Waals surface area contributed by atoms with E-state index >= 15 is 0 Å². The van der Waals surface area contributed by atoms with E-state index in [2.05, 4.69) is 15.9 Å². The molecule has 0 heterocycles. The maximum absolute atomic E-state index is 10.6. The molecule has 0 spiro atoms. The van der Waals surface area contributed by atoms with Gasteiger partial charge in [0.15, 0.2) is 0 Å². The third kappa shape index (κ3) is 3.34. The summed E-state index contributed by atoms with van der Waals surface area (Å²) < 4.78 is 6.34. The lowest BCUT2D eigenvalue weighted by atomic mass is 10.1. The average Bonchev–Trinajstić information content (AvgIpc) is 2.39. The van der Waals surface area contributed by atoms with Crippen molar-refractivity contribution in [2.45, 2.75) is 13.0 Å². The number of hydrogen-bond acceptors (Lipinski definition) is 4. The number of aliphatic hydroxyl groups excluding tert-OH is 1. The van der Waals surface area contributed by atoms with Gasteiger partial charge in [-0.15, -0.1) is 0 Å². The highest BCUT2D eigenvalue weighted by molar-refractivity contribution is 9.10. The number of aliphatic hydroxyl groups is 1. The lowest BCUT2D eigenvalue weighted by Gasteiger charge is -2.10. The lowest BCUT2D eigenvalue weighted by molar-refractivity contribution is -0.384. The number of hydrogen-bond donors (Lipinski definition) is 1. The second-order valence-electron chi connectivity index (χ2n) is 4.21. The van der Waals surface area contributed by atoms with Gasteiger partial charge in [-0.25, -0.2) is 0 Å². The molecule has 1 unspecified atom stereocenters. The van der Waals surface area contributed by atoms with Gasteiger partial charge in [0, 0.05) is 16.6 Å². The van der Waals surface area contributed by atoms with Gasteiger partial charge >= 0.3 is 0 Å². The maximum atomic E-state index is 10.6. The fraction of sp³-hybridized carbons (Fsp3) is 0.143. The van der Waals surface area contributed by atoms with Crippen molar-refractivity contribution in [3.05, 3.63) is 62.6 Å². The molecule has 6 heteroatoms. The Morgan fingerprint density at radius 2 is 1.80 bits per heavy atom. The summed E-state index contributed by atoms with van der Waals surface area (Å²) in [6.45, 7) is 1.68. The Balaban J connectivity index is 2.17. The van der Waals surface area contributed by atoms with Crippen molar-refractivity contribution in [2.75, 3.05) is 0 Å². The molecule has 2 aromatic carbocycles. The zero-order valence-corrected chi connectivity index (χ0v) is 12.2. The Bertz CT molecular complexity index is 626. The second kappa shape index (κ2) is 6.02. The average molecular weight is 338 g/mol. The predicted molar refractivity (Wildman–Crippen MR) is 77.9 cm³/mol. The molecule has 2 aromatic rings. The molecule has 0 aliphatic rings. The Morgan fingerprint density at radius 1 is 1.20 bits per heavy atom. The van der Waals surface area contributed by atoms with Crippen LogP contribution in [0.1, 0.15) is 18.6 Å². The standard InChI is InChI=1S/C14H12BrNO4/c1-9(17)13-7-6-12(8-14(13)15)20-11-4-2-10(3-5-11)16(18)19/h2-9,17H,1H3. The van der Waals surface area contributed by atoms with Crippen LogP contribution >= 0.6 is 15.9 Å². The molecule has 1 atom stereocenters. The summed E-state index contributed by atoms with van der Waals surface area (Å²) in [5, 5.41) is 20.1. The number of nitrogens with zero attached hydrogens (tertiary/aromatic N) is 1. The summed E-state index contributed by atoms with van der Waals surface area (Å²) in [5.74, 6) is 1.09. The lowest BCUT2D eigenvalue weighted by Crippen LogP contribution is -1.93. The fourth-order valence-electron chi connectivity index (χ4n) is 1.68. The molecule has 104 valence electrons. The number of benzene rings is 2. The molecule has 0 amide bonds. The van der Waals surface area contributed by atoms with Crippen molar-refractivity contribution in [1.29, 1.82) is 0 Å². The van der Waals surface area contributed by atoms with E-state index in [1.165, 1.54) is 24.3 Å². The molecule has 0 saturated carbocycles. The van der Waals surface area contributed by atoms with Crippen LogP contribution in [0, 0.1) is 10.1 Å². The molecule has 0 bridgehead atoms. The Labute approximate surface area is 124 Å². The number of rotatable bonds is 4. The quantitative estimate of drug-likeness (QED) is 0.670. The largest absolute Gasteiger partial charge is 0.457 e. The van der Waals surface area contributed by atoms with Gasteiger partial charge in [-0.2, -0.15) is 0 Å². The zero-order chi connectivity index (χ0) is 14.7. The van der Waals surface area contributed by atoms with E-state index in [1.54, 1.807) is 25.1 Å². The van der Waals surface area contributed by atoms with Gasteiger partial charge in [0.05, 0.1) is 11.0 Å². The Kier molecular flexibility index (Phi) is 4.36. The van der Waals surface area contributed by atoms with Crippen molar-refractivity contribution in [1.82, 2.24) is 0 Å². The van der Waals surface area contributed by atoms with E-state index in [4.69, 9.17) is 4.74 Å². The van der Waals surface area contributed by atoms with Crippen LogP contribution in [-0.4, -0.2) is 10.0 Å². The number of non-ortho nitro benzene ring substituents is 1. The highest BCUT2D eigenvalue weighted by Gasteiger charge is 2.09. The van der Waals surface area contributed by atoms with Gasteiger partial charge in [-0.1, -0.05) is 22.0 Å². The molecule has 5 nitrogen and oxygen atoms in total. The van der Waals surface area contributed by atoms with Crippen molar-refractivity contribution in [2.24, 2.45) is 0 Å². The maximum Gasteiger partial charge on any atom is 0.269 e. The van der Waals surface area contributed by atoms with Crippen LogP contribution < -0.4 is 4.74 Å². The molecule has 0 saturated heterocycles. The van der Waals surface area contributed by atoms with Crippen LogP contribution in [0.5, 0.6) is 11.5 Å². The molecule has 0 radical (unpaired) electrons. The zero-order valence-electron chi connectivity index (χ0n) is 10.6. The molecule has 1 N–H and O–H groups in total. The van der Waals surface area contributed by atoms with Crippen LogP contribution in [0.3, 0.4) is 0 Å². The van der Waals surface area contributed by atoms with Gasteiger partial charge in [-0.05, 0) is 36.8 Å². The van der Waals surface area contributed by atoms with Crippen molar-refractivity contribution in [3.8, 4) is 11.5 Å². The summed E-state index contributed by atoms with van der Waals surface area (Å²) in [6.07, 6.45) is -0.571. The summed E-state index contributed by atoms with van der Waals surface area (Å²) in [5.41, 5.74) is 0.782. The SMILES string of the molecule is CC(O)c1ccc(Oc2ccc([N+](=O)[O-])cc2)cc1Br. The molecule has 0 aromatic heterocycles. The van der Waals surface area contributed by atoms with E-state index in [0.29, 0.717) is 11.5 Å². The fourth-order valence-corrected chi connectivity index (χ4v) is 2.37. The molecule has 0 aliphatic carbocycles. The molecule has 0 aliphatic heterocycles. The first kappa shape index (κ1) is 14.5.